The molecule has 1 fully saturated rings. The topological polar surface area (TPSA) is 47.6 Å². The van der Waals surface area contributed by atoms with Gasteiger partial charge < -0.3 is 14.8 Å². The highest BCUT2D eigenvalue weighted by molar-refractivity contribution is 7.99. The third-order valence-electron chi connectivity index (χ3n) is 2.08. The van der Waals surface area contributed by atoms with Crippen LogP contribution < -0.4 is 5.32 Å². The second kappa shape index (κ2) is 7.09. The lowest BCUT2D eigenvalue weighted by molar-refractivity contribution is -0.152. The fourth-order valence-electron chi connectivity index (χ4n) is 1.32. The lowest BCUT2D eigenvalue weighted by Crippen LogP contribution is -2.45. The summed E-state index contributed by atoms with van der Waals surface area (Å²) >= 11 is 1.78. The zero-order chi connectivity index (χ0) is 11.1. The second-order valence-corrected chi connectivity index (χ2v) is 4.64. The van der Waals surface area contributed by atoms with Gasteiger partial charge in [-0.1, -0.05) is 0 Å². The zero-order valence-electron chi connectivity index (χ0n) is 9.32. The van der Waals surface area contributed by atoms with Crippen LogP contribution >= 0.6 is 11.8 Å². The van der Waals surface area contributed by atoms with Crippen LogP contribution in [0.2, 0.25) is 0 Å². The molecule has 2 unspecified atom stereocenters. The molecule has 1 aliphatic rings. The van der Waals surface area contributed by atoms with Gasteiger partial charge in [-0.3, -0.25) is 4.79 Å². The van der Waals surface area contributed by atoms with E-state index in [9.17, 15) is 4.79 Å². The van der Waals surface area contributed by atoms with Crippen molar-refractivity contribution >= 4 is 17.7 Å². The predicted molar refractivity (Wildman–Crippen MR) is 61.2 cm³/mol. The molecule has 0 aromatic carbocycles. The fourth-order valence-corrected chi connectivity index (χ4v) is 2.23. The Morgan fingerprint density at radius 1 is 1.67 bits per heavy atom. The maximum atomic E-state index is 11.6. The van der Waals surface area contributed by atoms with E-state index < -0.39 is 0 Å². The lowest BCUT2D eigenvalue weighted by Gasteiger charge is -2.23. The van der Waals surface area contributed by atoms with Gasteiger partial charge in [-0.15, -0.1) is 0 Å². The molecular formula is C10H19NO3S. The van der Waals surface area contributed by atoms with Crippen molar-refractivity contribution in [3.63, 3.8) is 0 Å². The molecule has 5 heteroatoms. The van der Waals surface area contributed by atoms with Gasteiger partial charge in [0.05, 0.1) is 6.61 Å². The molecule has 0 aromatic heterocycles. The lowest BCUT2D eigenvalue weighted by atomic mass is 10.3. The molecule has 0 aromatic rings. The van der Waals surface area contributed by atoms with E-state index in [4.69, 9.17) is 9.47 Å². The van der Waals surface area contributed by atoms with Gasteiger partial charge >= 0.3 is 5.97 Å². The van der Waals surface area contributed by atoms with Crippen molar-refractivity contribution in [3.05, 3.63) is 0 Å². The SMILES string of the molecule is CCOCC(C)OC(=O)C1CSCCN1. The van der Waals surface area contributed by atoms with Crippen molar-refractivity contribution in [2.24, 2.45) is 0 Å². The summed E-state index contributed by atoms with van der Waals surface area (Å²) in [5.41, 5.74) is 0. The van der Waals surface area contributed by atoms with Crippen LogP contribution in [0.4, 0.5) is 0 Å². The minimum absolute atomic E-state index is 0.146. The Morgan fingerprint density at radius 2 is 2.47 bits per heavy atom. The van der Waals surface area contributed by atoms with Gasteiger partial charge in [-0.2, -0.15) is 11.8 Å². The third kappa shape index (κ3) is 4.86. The first kappa shape index (κ1) is 12.8. The molecule has 88 valence electrons. The summed E-state index contributed by atoms with van der Waals surface area (Å²) in [7, 11) is 0. The quantitative estimate of drug-likeness (QED) is 0.707. The van der Waals surface area contributed by atoms with Crippen molar-refractivity contribution in [2.75, 3.05) is 31.3 Å². The van der Waals surface area contributed by atoms with Crippen molar-refractivity contribution < 1.29 is 14.3 Å². The molecular weight excluding hydrogens is 214 g/mol. The Labute approximate surface area is 95.1 Å². The number of hydrogen-bond acceptors (Lipinski definition) is 5. The fraction of sp³-hybridized carbons (Fsp3) is 0.900. The summed E-state index contributed by atoms with van der Waals surface area (Å²) in [6.45, 7) is 5.78. The van der Waals surface area contributed by atoms with Gasteiger partial charge in [0.15, 0.2) is 0 Å². The Hall–Kier alpha value is -0.260. The number of esters is 1. The van der Waals surface area contributed by atoms with Crippen molar-refractivity contribution in [2.45, 2.75) is 26.0 Å². The maximum absolute atomic E-state index is 11.6. The first-order valence-corrected chi connectivity index (χ1v) is 6.49. The summed E-state index contributed by atoms with van der Waals surface area (Å²) in [5.74, 6) is 1.72. The molecule has 0 amide bonds. The van der Waals surface area contributed by atoms with Crippen LogP contribution in [0.25, 0.3) is 0 Å². The summed E-state index contributed by atoms with van der Waals surface area (Å²) in [4.78, 5) is 11.6. The van der Waals surface area contributed by atoms with E-state index in [1.807, 2.05) is 13.8 Å². The average Bonchev–Trinajstić information content (AvgIpc) is 2.27. The minimum atomic E-state index is -0.161. The predicted octanol–water partition coefficient (Wildman–Crippen LogP) is 0.660. The number of carbonyl (C=O) groups excluding carboxylic acids is 1. The van der Waals surface area contributed by atoms with E-state index in [1.54, 1.807) is 11.8 Å². The number of rotatable bonds is 5. The number of hydrogen-bond donors (Lipinski definition) is 1. The minimum Gasteiger partial charge on any atom is -0.459 e. The molecule has 4 nitrogen and oxygen atoms in total. The van der Waals surface area contributed by atoms with Gasteiger partial charge in [-0.05, 0) is 13.8 Å². The zero-order valence-corrected chi connectivity index (χ0v) is 10.1. The second-order valence-electron chi connectivity index (χ2n) is 3.49. The molecule has 1 rings (SSSR count). The molecule has 0 aliphatic carbocycles. The Bertz CT molecular complexity index is 195. The number of carbonyl (C=O) groups is 1. The van der Waals surface area contributed by atoms with Gasteiger partial charge in [0, 0.05) is 24.7 Å². The number of nitrogens with one attached hydrogen (secondary N) is 1. The van der Waals surface area contributed by atoms with Crippen LogP contribution in [0.15, 0.2) is 0 Å². The summed E-state index contributed by atoms with van der Waals surface area (Å²) in [6.07, 6.45) is -0.161. The summed E-state index contributed by atoms with van der Waals surface area (Å²) in [5, 5.41) is 3.14. The monoisotopic (exact) mass is 233 g/mol. The molecule has 1 saturated heterocycles. The van der Waals surface area contributed by atoms with E-state index in [0.717, 1.165) is 18.1 Å². The van der Waals surface area contributed by atoms with E-state index in [1.165, 1.54) is 0 Å². The summed E-state index contributed by atoms with van der Waals surface area (Å²) < 4.78 is 10.4. The van der Waals surface area contributed by atoms with Gasteiger partial charge in [0.2, 0.25) is 0 Å². The molecule has 0 bridgehead atoms. The van der Waals surface area contributed by atoms with Crippen LogP contribution in [0.5, 0.6) is 0 Å². The highest BCUT2D eigenvalue weighted by atomic mass is 32.2. The molecule has 2 atom stereocenters. The van der Waals surface area contributed by atoms with Crippen molar-refractivity contribution in [1.82, 2.24) is 5.32 Å². The van der Waals surface area contributed by atoms with Crippen LogP contribution in [0.3, 0.4) is 0 Å². The molecule has 0 radical (unpaired) electrons. The van der Waals surface area contributed by atoms with Crippen LogP contribution in [0.1, 0.15) is 13.8 Å². The molecule has 1 N–H and O–H groups in total. The smallest absolute Gasteiger partial charge is 0.324 e. The highest BCUT2D eigenvalue weighted by Gasteiger charge is 2.23. The highest BCUT2D eigenvalue weighted by Crippen LogP contribution is 2.09. The van der Waals surface area contributed by atoms with E-state index in [-0.39, 0.29) is 18.1 Å². The normalized spacial score (nSPS) is 23.5. The largest absolute Gasteiger partial charge is 0.459 e. The maximum Gasteiger partial charge on any atom is 0.324 e. The van der Waals surface area contributed by atoms with E-state index in [0.29, 0.717) is 13.2 Å². The molecule has 15 heavy (non-hydrogen) atoms. The molecule has 1 aliphatic heterocycles. The number of thioether (sulfide) groups is 1. The summed E-state index contributed by atoms with van der Waals surface area (Å²) in [6, 6.07) is -0.146. The average molecular weight is 233 g/mol. The Kier molecular flexibility index (Phi) is 6.05. The number of ether oxygens (including phenoxy) is 2. The Morgan fingerprint density at radius 3 is 3.07 bits per heavy atom. The van der Waals surface area contributed by atoms with E-state index in [2.05, 4.69) is 5.32 Å². The van der Waals surface area contributed by atoms with Crippen LogP contribution in [0, 0.1) is 0 Å². The first-order valence-electron chi connectivity index (χ1n) is 5.33. The Balaban J connectivity index is 2.21. The molecule has 0 saturated carbocycles. The first-order chi connectivity index (χ1) is 7.24. The standard InChI is InChI=1S/C10H19NO3S/c1-3-13-6-8(2)14-10(12)9-7-15-5-4-11-9/h8-9,11H,3-7H2,1-2H3. The molecule has 0 spiro atoms. The van der Waals surface area contributed by atoms with Crippen LogP contribution in [-0.2, 0) is 14.3 Å². The van der Waals surface area contributed by atoms with Gasteiger partial charge in [0.1, 0.15) is 12.1 Å². The van der Waals surface area contributed by atoms with Crippen molar-refractivity contribution in [1.29, 1.82) is 0 Å². The van der Waals surface area contributed by atoms with Crippen LogP contribution in [-0.4, -0.2) is 49.4 Å². The third-order valence-corrected chi connectivity index (χ3v) is 3.14. The van der Waals surface area contributed by atoms with Crippen molar-refractivity contribution in [3.8, 4) is 0 Å². The molecule has 1 heterocycles. The van der Waals surface area contributed by atoms with Gasteiger partial charge in [0.25, 0.3) is 0 Å². The van der Waals surface area contributed by atoms with Gasteiger partial charge in [-0.25, -0.2) is 0 Å². The van der Waals surface area contributed by atoms with E-state index >= 15 is 0 Å².